The number of aromatic nitrogens is 2. The van der Waals surface area contributed by atoms with Gasteiger partial charge < -0.3 is 14.8 Å². The third kappa shape index (κ3) is 4.18. The molecule has 0 spiro atoms. The van der Waals surface area contributed by atoms with Crippen LogP contribution >= 0.6 is 0 Å². The average molecular weight is 348 g/mol. The number of amides is 1. The van der Waals surface area contributed by atoms with E-state index in [-0.39, 0.29) is 11.9 Å². The van der Waals surface area contributed by atoms with Gasteiger partial charge in [-0.25, -0.2) is 4.98 Å². The van der Waals surface area contributed by atoms with Crippen molar-refractivity contribution in [3.63, 3.8) is 0 Å². The largest absolute Gasteiger partial charge is 0.345 e. The lowest BCUT2D eigenvalue weighted by Crippen LogP contribution is -2.22. The Kier molecular flexibility index (Phi) is 5.49. The van der Waals surface area contributed by atoms with Crippen LogP contribution in [0.1, 0.15) is 34.5 Å². The first-order chi connectivity index (χ1) is 12.5. The maximum Gasteiger partial charge on any atom is 0.253 e. The van der Waals surface area contributed by atoms with Gasteiger partial charge in [0.1, 0.15) is 0 Å². The van der Waals surface area contributed by atoms with Crippen molar-refractivity contribution in [2.45, 2.75) is 19.5 Å². The third-order valence-corrected chi connectivity index (χ3v) is 4.37. The van der Waals surface area contributed by atoms with Crippen LogP contribution in [0.15, 0.2) is 67.3 Å². The molecule has 2 aromatic carbocycles. The highest BCUT2D eigenvalue weighted by Gasteiger charge is 2.10. The molecular weight excluding hydrogens is 324 g/mol. The van der Waals surface area contributed by atoms with E-state index in [1.54, 1.807) is 31.5 Å². The summed E-state index contributed by atoms with van der Waals surface area (Å²) in [4.78, 5) is 17.8. The van der Waals surface area contributed by atoms with E-state index in [0.717, 1.165) is 11.3 Å². The Balaban J connectivity index is 1.68. The summed E-state index contributed by atoms with van der Waals surface area (Å²) in [6.07, 6.45) is 5.51. The van der Waals surface area contributed by atoms with E-state index in [0.29, 0.717) is 12.1 Å². The molecule has 1 amide bonds. The molecule has 0 aliphatic heterocycles. The van der Waals surface area contributed by atoms with Gasteiger partial charge in [-0.2, -0.15) is 0 Å². The third-order valence-electron chi connectivity index (χ3n) is 4.37. The van der Waals surface area contributed by atoms with E-state index in [2.05, 4.69) is 41.5 Å². The highest BCUT2D eigenvalue weighted by molar-refractivity contribution is 5.94. The number of nitrogens with one attached hydrogen (secondary N) is 1. The molecule has 5 nitrogen and oxygen atoms in total. The van der Waals surface area contributed by atoms with Gasteiger partial charge in [0.05, 0.1) is 6.33 Å². The second kappa shape index (κ2) is 7.97. The number of benzene rings is 2. The Labute approximate surface area is 154 Å². The predicted octanol–water partition coefficient (Wildman–Crippen LogP) is 3.42. The van der Waals surface area contributed by atoms with Crippen LogP contribution in [-0.2, 0) is 6.54 Å². The molecular formula is C21H24N4O. The van der Waals surface area contributed by atoms with E-state index < -0.39 is 0 Å². The SMILES string of the molecule is C[C@@H](NCc1cccc(C(=O)N(C)C)c1)c1cccc(-n2ccnc2)c1. The quantitative estimate of drug-likeness (QED) is 0.742. The molecule has 0 aliphatic rings. The highest BCUT2D eigenvalue weighted by atomic mass is 16.2. The van der Waals surface area contributed by atoms with Crippen molar-refractivity contribution in [1.82, 2.24) is 19.8 Å². The molecule has 0 saturated heterocycles. The number of nitrogens with zero attached hydrogens (tertiary/aromatic N) is 3. The molecule has 5 heteroatoms. The van der Waals surface area contributed by atoms with Crippen LogP contribution in [0, 0.1) is 0 Å². The monoisotopic (exact) mass is 348 g/mol. The molecule has 1 aromatic heterocycles. The standard InChI is InChI=1S/C21H24N4O/c1-16(18-7-5-9-20(13-18)25-11-10-22-15-25)23-14-17-6-4-8-19(12-17)21(26)24(2)3/h4-13,15-16,23H,14H2,1-3H3/t16-/m1/s1. The van der Waals surface area contributed by atoms with Crippen LogP contribution in [0.2, 0.25) is 0 Å². The molecule has 0 aliphatic carbocycles. The molecule has 1 N–H and O–H groups in total. The summed E-state index contributed by atoms with van der Waals surface area (Å²) >= 11 is 0. The van der Waals surface area contributed by atoms with Crippen molar-refractivity contribution in [3.05, 3.63) is 83.9 Å². The van der Waals surface area contributed by atoms with Crippen LogP contribution in [0.4, 0.5) is 0 Å². The Morgan fingerprint density at radius 1 is 1.19 bits per heavy atom. The zero-order valence-corrected chi connectivity index (χ0v) is 15.4. The zero-order chi connectivity index (χ0) is 18.5. The molecule has 0 unspecified atom stereocenters. The Bertz CT molecular complexity index is 871. The molecule has 3 aromatic rings. The normalized spacial score (nSPS) is 12.0. The van der Waals surface area contributed by atoms with Crippen LogP contribution in [0.5, 0.6) is 0 Å². The first kappa shape index (κ1) is 17.9. The topological polar surface area (TPSA) is 50.2 Å². The molecule has 0 fully saturated rings. The maximum atomic E-state index is 12.1. The molecule has 1 atom stereocenters. The fourth-order valence-corrected chi connectivity index (χ4v) is 2.83. The van der Waals surface area contributed by atoms with E-state index in [4.69, 9.17) is 0 Å². The summed E-state index contributed by atoms with van der Waals surface area (Å²) < 4.78 is 1.99. The van der Waals surface area contributed by atoms with Crippen molar-refractivity contribution in [2.75, 3.05) is 14.1 Å². The minimum absolute atomic E-state index is 0.0212. The van der Waals surface area contributed by atoms with Gasteiger partial charge in [0.2, 0.25) is 0 Å². The first-order valence-electron chi connectivity index (χ1n) is 8.67. The fourth-order valence-electron chi connectivity index (χ4n) is 2.83. The number of carbonyl (C=O) groups excluding carboxylic acids is 1. The number of imidazole rings is 1. The Morgan fingerprint density at radius 2 is 2.00 bits per heavy atom. The fraction of sp³-hybridized carbons (Fsp3) is 0.238. The van der Waals surface area contributed by atoms with E-state index >= 15 is 0 Å². The van der Waals surface area contributed by atoms with Crippen molar-refractivity contribution in [1.29, 1.82) is 0 Å². The minimum Gasteiger partial charge on any atom is -0.345 e. The number of hydrogen-bond donors (Lipinski definition) is 1. The predicted molar refractivity (Wildman–Crippen MR) is 103 cm³/mol. The van der Waals surface area contributed by atoms with Crippen LogP contribution < -0.4 is 5.32 Å². The average Bonchev–Trinajstić information content (AvgIpc) is 3.20. The summed E-state index contributed by atoms with van der Waals surface area (Å²) in [7, 11) is 3.53. The summed E-state index contributed by atoms with van der Waals surface area (Å²) in [5.41, 5.74) is 4.10. The van der Waals surface area contributed by atoms with Crippen molar-refractivity contribution < 1.29 is 4.79 Å². The van der Waals surface area contributed by atoms with Gasteiger partial charge in [-0.3, -0.25) is 4.79 Å². The zero-order valence-electron chi connectivity index (χ0n) is 15.4. The Morgan fingerprint density at radius 3 is 2.73 bits per heavy atom. The van der Waals surface area contributed by atoms with Gasteiger partial charge in [-0.05, 0) is 42.3 Å². The Hall–Kier alpha value is -2.92. The van der Waals surface area contributed by atoms with Crippen molar-refractivity contribution >= 4 is 5.91 Å². The van der Waals surface area contributed by atoms with Gasteiger partial charge in [0.25, 0.3) is 5.91 Å². The molecule has 1 heterocycles. The summed E-state index contributed by atoms with van der Waals surface area (Å²) in [5.74, 6) is 0.0212. The van der Waals surface area contributed by atoms with Crippen molar-refractivity contribution in [3.8, 4) is 5.69 Å². The lowest BCUT2D eigenvalue weighted by Gasteiger charge is -2.16. The van der Waals surface area contributed by atoms with E-state index in [1.807, 2.05) is 35.0 Å². The number of rotatable bonds is 6. The second-order valence-electron chi connectivity index (χ2n) is 6.57. The maximum absolute atomic E-state index is 12.1. The molecule has 0 radical (unpaired) electrons. The van der Waals surface area contributed by atoms with Crippen LogP contribution in [-0.4, -0.2) is 34.5 Å². The van der Waals surface area contributed by atoms with Crippen LogP contribution in [0.25, 0.3) is 5.69 Å². The number of carbonyl (C=O) groups is 1. The van der Waals surface area contributed by atoms with Crippen LogP contribution in [0.3, 0.4) is 0 Å². The van der Waals surface area contributed by atoms with E-state index in [9.17, 15) is 4.79 Å². The number of hydrogen-bond acceptors (Lipinski definition) is 3. The molecule has 26 heavy (non-hydrogen) atoms. The molecule has 0 bridgehead atoms. The smallest absolute Gasteiger partial charge is 0.253 e. The van der Waals surface area contributed by atoms with E-state index in [1.165, 1.54) is 5.56 Å². The lowest BCUT2D eigenvalue weighted by molar-refractivity contribution is 0.0827. The van der Waals surface area contributed by atoms with Gasteiger partial charge >= 0.3 is 0 Å². The second-order valence-corrected chi connectivity index (χ2v) is 6.57. The van der Waals surface area contributed by atoms with Gasteiger partial charge in [-0.15, -0.1) is 0 Å². The molecule has 134 valence electrons. The first-order valence-corrected chi connectivity index (χ1v) is 8.67. The lowest BCUT2D eigenvalue weighted by atomic mass is 10.1. The van der Waals surface area contributed by atoms with Gasteiger partial charge in [0, 0.05) is 50.3 Å². The van der Waals surface area contributed by atoms with Gasteiger partial charge in [-0.1, -0.05) is 24.3 Å². The van der Waals surface area contributed by atoms with Gasteiger partial charge in [0.15, 0.2) is 0 Å². The molecule has 3 rings (SSSR count). The van der Waals surface area contributed by atoms with Crippen molar-refractivity contribution in [2.24, 2.45) is 0 Å². The summed E-state index contributed by atoms with van der Waals surface area (Å²) in [6.45, 7) is 2.84. The minimum atomic E-state index is 0.0212. The molecule has 0 saturated carbocycles. The highest BCUT2D eigenvalue weighted by Crippen LogP contribution is 2.18. The summed E-state index contributed by atoms with van der Waals surface area (Å²) in [5, 5.41) is 3.53. The summed E-state index contributed by atoms with van der Waals surface area (Å²) in [6, 6.07) is 16.3.